The Morgan fingerprint density at radius 1 is 0.536 bits per heavy atom. The van der Waals surface area contributed by atoms with Gasteiger partial charge in [-0.2, -0.15) is 11.8 Å². The number of carboxylic acids is 2. The largest absolute Gasteiger partial charge is 0.508 e. The molecule has 84 heavy (non-hydrogen) atoms. The standard InChI is InChI=1S/C58H79N11O14S/c1-31(2)26-43(55(79)67-45(28-35-16-18-37(70)19-17-35)57(81)69-49(32(3)4)58(82)83)65-50(74)33(5)62-54(78)46(29-36-30-61-40-15-11-10-14-38(36)40)68-52(76)41(20-22-47(60)71)64-56(80)44(27-34-12-8-7-9-13-34)66-53(77)42(21-23-48(72)73)63-51(75)39(59)24-25-84-6/h7-19,30-33,39,41-46,49,61,70H,20-29,59H2,1-6H3,(H2,60,71)(H,62,78)(H,63,75)(H,64,80)(H,65,74)(H,66,77)(H,67,79)(H,68,76)(H,69,81)(H,72,73)(H,82,83)/t33-,39-,41-,42-,43-,44-,45-,46-,49-/m0/s1. The number of phenols is 1. The first-order valence-electron chi connectivity index (χ1n) is 27.5. The normalized spacial score (nSPS) is 14.4. The molecule has 16 N–H and O–H groups in total. The van der Waals surface area contributed by atoms with Gasteiger partial charge in [-0.25, -0.2) is 4.79 Å². The number of rotatable bonds is 35. The van der Waals surface area contributed by atoms with Crippen LogP contribution < -0.4 is 54.0 Å². The molecule has 26 heteroatoms. The van der Waals surface area contributed by atoms with Crippen LogP contribution in [0.1, 0.15) is 89.8 Å². The van der Waals surface area contributed by atoms with Crippen molar-refractivity contribution in [2.75, 3.05) is 12.0 Å². The summed E-state index contributed by atoms with van der Waals surface area (Å²) in [7, 11) is 0. The van der Waals surface area contributed by atoms with Gasteiger partial charge in [-0.3, -0.25) is 47.9 Å². The maximum Gasteiger partial charge on any atom is 0.326 e. The van der Waals surface area contributed by atoms with Crippen LogP contribution in [0.2, 0.25) is 0 Å². The minimum Gasteiger partial charge on any atom is -0.508 e. The molecule has 0 fully saturated rings. The molecule has 0 unspecified atom stereocenters. The number of aromatic amines is 1. The van der Waals surface area contributed by atoms with E-state index in [9.17, 15) is 68.1 Å². The van der Waals surface area contributed by atoms with Crippen LogP contribution in [0, 0.1) is 11.8 Å². The lowest BCUT2D eigenvalue weighted by molar-refractivity contribution is -0.143. The molecule has 9 atom stereocenters. The first-order chi connectivity index (χ1) is 39.8. The predicted molar refractivity (Wildman–Crippen MR) is 313 cm³/mol. The van der Waals surface area contributed by atoms with E-state index in [1.165, 1.54) is 43.0 Å². The number of primary amides is 1. The molecule has 1 aromatic heterocycles. The molecule has 0 aliphatic carbocycles. The lowest BCUT2D eigenvalue weighted by Crippen LogP contribution is -2.60. The number of amides is 9. The number of carbonyl (C=O) groups excluding carboxylic acids is 9. The number of nitrogens with two attached hydrogens (primary N) is 2. The number of para-hydroxylation sites is 1. The smallest absolute Gasteiger partial charge is 0.326 e. The summed E-state index contributed by atoms with van der Waals surface area (Å²) in [6.07, 6.45) is 1.45. The van der Waals surface area contributed by atoms with Gasteiger partial charge in [-0.1, -0.05) is 88.4 Å². The highest BCUT2D eigenvalue weighted by molar-refractivity contribution is 7.98. The second kappa shape index (κ2) is 33.6. The Bertz CT molecular complexity index is 2920. The second-order valence-electron chi connectivity index (χ2n) is 21.2. The van der Waals surface area contributed by atoms with Crippen molar-refractivity contribution in [1.29, 1.82) is 0 Å². The van der Waals surface area contributed by atoms with E-state index in [1.54, 1.807) is 88.5 Å². The van der Waals surface area contributed by atoms with E-state index in [0.29, 0.717) is 33.3 Å². The number of H-pyrrole nitrogens is 1. The number of aromatic nitrogens is 1. The van der Waals surface area contributed by atoms with E-state index in [-0.39, 0.29) is 50.2 Å². The van der Waals surface area contributed by atoms with E-state index in [4.69, 9.17) is 11.5 Å². The molecule has 0 bridgehead atoms. The lowest BCUT2D eigenvalue weighted by atomic mass is 9.99. The molecule has 9 amide bonds. The van der Waals surface area contributed by atoms with Crippen LogP contribution in [0.25, 0.3) is 10.9 Å². The van der Waals surface area contributed by atoms with Crippen molar-refractivity contribution in [3.63, 3.8) is 0 Å². The first-order valence-corrected chi connectivity index (χ1v) is 28.9. The Morgan fingerprint density at radius 3 is 1.56 bits per heavy atom. The third-order valence-corrected chi connectivity index (χ3v) is 14.2. The number of aliphatic carboxylic acids is 2. The predicted octanol–water partition coefficient (Wildman–Crippen LogP) is 0.797. The number of benzene rings is 3. The molecule has 1 heterocycles. The average Bonchev–Trinajstić information content (AvgIpc) is 4.07. The van der Waals surface area contributed by atoms with Gasteiger partial charge in [0.1, 0.15) is 54.1 Å². The number of nitrogens with one attached hydrogen (secondary N) is 9. The van der Waals surface area contributed by atoms with E-state index in [0.717, 1.165) is 0 Å². The van der Waals surface area contributed by atoms with Crippen LogP contribution in [0.4, 0.5) is 0 Å². The topological polar surface area (TPSA) is 413 Å². The van der Waals surface area contributed by atoms with Crippen LogP contribution in [0.5, 0.6) is 5.75 Å². The number of aromatic hydroxyl groups is 1. The van der Waals surface area contributed by atoms with Crippen LogP contribution in [0.3, 0.4) is 0 Å². The van der Waals surface area contributed by atoms with Gasteiger partial charge >= 0.3 is 11.9 Å². The summed E-state index contributed by atoms with van der Waals surface area (Å²) in [6, 6.07) is 8.85. The van der Waals surface area contributed by atoms with Gasteiger partial charge in [0.2, 0.25) is 53.2 Å². The molecule has 0 saturated carbocycles. The van der Waals surface area contributed by atoms with Crippen molar-refractivity contribution in [2.24, 2.45) is 23.3 Å². The van der Waals surface area contributed by atoms with E-state index >= 15 is 0 Å². The van der Waals surface area contributed by atoms with E-state index in [2.05, 4.69) is 47.5 Å². The Balaban J connectivity index is 1.63. The molecule has 456 valence electrons. The quantitative estimate of drug-likeness (QED) is 0.0303. The van der Waals surface area contributed by atoms with Crippen molar-refractivity contribution < 1.29 is 68.1 Å². The highest BCUT2D eigenvalue weighted by atomic mass is 32.2. The zero-order valence-electron chi connectivity index (χ0n) is 47.9. The second-order valence-corrected chi connectivity index (χ2v) is 22.2. The van der Waals surface area contributed by atoms with E-state index in [1.807, 2.05) is 6.26 Å². The number of fused-ring (bicyclic) bond motifs is 1. The summed E-state index contributed by atoms with van der Waals surface area (Å²) >= 11 is 1.44. The Morgan fingerprint density at radius 2 is 1.01 bits per heavy atom. The fourth-order valence-corrected chi connectivity index (χ4v) is 9.34. The first kappa shape index (κ1) is 68.0. The van der Waals surface area contributed by atoms with Crippen molar-refractivity contribution in [3.05, 3.63) is 102 Å². The fraction of sp³-hybridized carbons (Fsp3) is 0.466. The van der Waals surface area contributed by atoms with Crippen LogP contribution in [-0.4, -0.2) is 152 Å². The highest BCUT2D eigenvalue weighted by Crippen LogP contribution is 2.20. The molecule has 0 aliphatic rings. The molecule has 25 nitrogen and oxygen atoms in total. The van der Waals surface area contributed by atoms with Crippen LogP contribution in [0.15, 0.2) is 85.1 Å². The molecule has 0 radical (unpaired) electrons. The maximum absolute atomic E-state index is 14.6. The SMILES string of the molecule is CSCC[C@H](N)C(=O)N[C@@H](CCC(=O)O)C(=O)N[C@@H](Cc1ccccc1)C(=O)N[C@@H](CCC(N)=O)C(=O)N[C@@H](Cc1c[nH]c2ccccc12)C(=O)N[C@@H](C)C(=O)N[C@@H](CC(C)C)C(=O)N[C@@H](Cc1ccc(O)cc1)C(=O)N[C@H](C(=O)O)C(C)C. The minimum absolute atomic E-state index is 0.0398. The molecule has 3 aromatic carbocycles. The summed E-state index contributed by atoms with van der Waals surface area (Å²) in [4.78, 5) is 152. The molecule has 0 aliphatic heterocycles. The maximum atomic E-state index is 14.6. The van der Waals surface area contributed by atoms with Crippen LogP contribution >= 0.6 is 11.8 Å². The van der Waals surface area contributed by atoms with Crippen molar-refractivity contribution in [3.8, 4) is 5.75 Å². The number of hydrogen-bond donors (Lipinski definition) is 14. The van der Waals surface area contributed by atoms with Gasteiger partial charge in [0, 0.05) is 49.2 Å². The molecular formula is C58H79N11O14S. The number of thioether (sulfide) groups is 1. The van der Waals surface area contributed by atoms with Gasteiger partial charge in [0.05, 0.1) is 6.04 Å². The Labute approximate surface area is 491 Å². The number of phenolic OH excluding ortho intramolecular Hbond substituents is 1. The Kier molecular flexibility index (Phi) is 27.2. The molecule has 4 aromatic rings. The van der Waals surface area contributed by atoms with E-state index < -0.39 is 145 Å². The zero-order valence-corrected chi connectivity index (χ0v) is 48.7. The van der Waals surface area contributed by atoms with Gasteiger partial charge in [0.15, 0.2) is 0 Å². The Hall–Kier alpha value is -8.52. The number of hydrogen-bond acceptors (Lipinski definition) is 14. The number of carboxylic acid groups (broad SMARTS) is 2. The van der Waals surface area contributed by atoms with Gasteiger partial charge in [-0.15, -0.1) is 0 Å². The molecule has 0 saturated heterocycles. The number of carbonyl (C=O) groups is 11. The zero-order chi connectivity index (χ0) is 62.2. The van der Waals surface area contributed by atoms with Crippen LogP contribution in [-0.2, 0) is 72.0 Å². The average molecular weight is 1190 g/mol. The van der Waals surface area contributed by atoms with Crippen molar-refractivity contribution in [2.45, 2.75) is 147 Å². The molecule has 4 rings (SSSR count). The van der Waals surface area contributed by atoms with Crippen molar-refractivity contribution in [1.82, 2.24) is 47.5 Å². The molecular weight excluding hydrogens is 1110 g/mol. The lowest BCUT2D eigenvalue weighted by Gasteiger charge is -2.28. The fourth-order valence-electron chi connectivity index (χ4n) is 8.85. The molecule has 0 spiro atoms. The summed E-state index contributed by atoms with van der Waals surface area (Å²) in [5, 5.41) is 50.6. The van der Waals surface area contributed by atoms with Crippen molar-refractivity contribution >= 4 is 87.8 Å². The summed E-state index contributed by atoms with van der Waals surface area (Å²) < 4.78 is 0. The summed E-state index contributed by atoms with van der Waals surface area (Å²) in [6.45, 7) is 8.09. The van der Waals surface area contributed by atoms with Gasteiger partial charge in [-0.05, 0) is 91.3 Å². The minimum atomic E-state index is -1.60. The third-order valence-electron chi connectivity index (χ3n) is 13.5. The summed E-state index contributed by atoms with van der Waals surface area (Å²) in [5.41, 5.74) is 13.9. The van der Waals surface area contributed by atoms with Gasteiger partial charge in [0.25, 0.3) is 0 Å². The highest BCUT2D eigenvalue weighted by Gasteiger charge is 2.36. The van der Waals surface area contributed by atoms with Gasteiger partial charge < -0.3 is 74.3 Å². The third kappa shape index (κ3) is 22.3. The monoisotopic (exact) mass is 1190 g/mol. The summed E-state index contributed by atoms with van der Waals surface area (Å²) in [5.74, 6) is -10.7.